The zero-order chi connectivity index (χ0) is 32.0. The highest BCUT2D eigenvalue weighted by molar-refractivity contribution is 7.22. The van der Waals surface area contributed by atoms with Crippen LogP contribution in [0, 0.1) is 22.7 Å². The van der Waals surface area contributed by atoms with Crippen LogP contribution in [0.3, 0.4) is 0 Å². The molecule has 0 unspecified atom stereocenters. The van der Waals surface area contributed by atoms with E-state index in [1.54, 1.807) is 6.07 Å². The number of thiazole rings is 1. The van der Waals surface area contributed by atoms with E-state index >= 15 is 0 Å². The number of guanidine groups is 1. The number of hydrogen-bond acceptors (Lipinski definition) is 9. The van der Waals surface area contributed by atoms with E-state index in [2.05, 4.69) is 36.6 Å². The number of halogens is 2. The maximum Gasteiger partial charge on any atom is 0.413 e. The van der Waals surface area contributed by atoms with Crippen molar-refractivity contribution < 1.29 is 23.8 Å². The Morgan fingerprint density at radius 1 is 1.25 bits per heavy atom. The highest BCUT2D eigenvalue weighted by Crippen LogP contribution is 2.25. The molecule has 44 heavy (non-hydrogen) atoms. The van der Waals surface area contributed by atoms with Crippen molar-refractivity contribution in [2.24, 2.45) is 10.4 Å². The molecule has 3 rings (SSSR count). The summed E-state index contributed by atoms with van der Waals surface area (Å²) in [4.78, 5) is 33.9. The van der Waals surface area contributed by atoms with Gasteiger partial charge in [-0.25, -0.2) is 14.2 Å². The zero-order valence-electron chi connectivity index (χ0n) is 24.5. The number of nitrogens with one attached hydrogen (secondary N) is 5. The molecule has 2 aromatic carbocycles. The van der Waals surface area contributed by atoms with Gasteiger partial charge in [-0.05, 0) is 36.6 Å². The summed E-state index contributed by atoms with van der Waals surface area (Å²) >= 11 is 7.30. The monoisotopic (exact) mass is 646 g/mol. The largest absolute Gasteiger partial charge is 0.447 e. The molecule has 0 saturated carbocycles. The van der Waals surface area contributed by atoms with Gasteiger partial charge in [-0.1, -0.05) is 61.1 Å². The SMILES string of the molecule is CC(C)(CO)CN=C(NC#N)NCCC[C@@H](COC(=O)Nc1nc2ccccc2s1)NC(=O)CNCc1cccc(F)c1Cl. The molecule has 0 radical (unpaired) electrons. The van der Waals surface area contributed by atoms with Crippen molar-refractivity contribution in [2.45, 2.75) is 39.3 Å². The van der Waals surface area contributed by atoms with Gasteiger partial charge >= 0.3 is 6.09 Å². The Morgan fingerprint density at radius 2 is 2.05 bits per heavy atom. The van der Waals surface area contributed by atoms with E-state index in [0.717, 1.165) is 10.2 Å². The van der Waals surface area contributed by atoms with Crippen LogP contribution in [0.15, 0.2) is 47.5 Å². The number of aliphatic hydroxyl groups excluding tert-OH is 1. The van der Waals surface area contributed by atoms with Crippen LogP contribution in [0.25, 0.3) is 10.2 Å². The number of benzene rings is 2. The summed E-state index contributed by atoms with van der Waals surface area (Å²) < 4.78 is 20.0. The van der Waals surface area contributed by atoms with Crippen LogP contribution in [-0.2, 0) is 16.1 Å². The molecule has 1 aromatic heterocycles. The number of para-hydroxylation sites is 1. The normalized spacial score (nSPS) is 12.3. The summed E-state index contributed by atoms with van der Waals surface area (Å²) in [6.45, 7) is 4.32. The number of aliphatic hydroxyl groups is 1. The van der Waals surface area contributed by atoms with Gasteiger partial charge in [0, 0.05) is 25.1 Å². The predicted octanol–water partition coefficient (Wildman–Crippen LogP) is 3.73. The number of hydrogen-bond donors (Lipinski definition) is 6. The Balaban J connectivity index is 1.54. The third-order valence-corrected chi connectivity index (χ3v) is 7.58. The first kappa shape index (κ1) is 34.5. The molecular weight excluding hydrogens is 611 g/mol. The minimum Gasteiger partial charge on any atom is -0.447 e. The summed E-state index contributed by atoms with van der Waals surface area (Å²) in [5.74, 6) is -0.632. The molecule has 0 saturated heterocycles. The molecule has 0 bridgehead atoms. The molecule has 6 N–H and O–H groups in total. The average Bonchev–Trinajstić information content (AvgIpc) is 3.41. The molecule has 236 valence electrons. The summed E-state index contributed by atoms with van der Waals surface area (Å²) in [7, 11) is 0. The van der Waals surface area contributed by atoms with E-state index in [0.29, 0.717) is 36.6 Å². The Hall–Kier alpha value is -4.03. The van der Waals surface area contributed by atoms with Crippen molar-refractivity contribution in [3.8, 4) is 6.19 Å². The molecule has 0 aliphatic rings. The van der Waals surface area contributed by atoms with E-state index in [9.17, 15) is 19.1 Å². The molecule has 0 spiro atoms. The number of nitriles is 1. The first-order valence-electron chi connectivity index (χ1n) is 13.9. The molecule has 12 nitrogen and oxygen atoms in total. The second-order valence-electron chi connectivity index (χ2n) is 10.6. The quantitative estimate of drug-likeness (QED) is 0.0473. The highest BCUT2D eigenvalue weighted by atomic mass is 35.5. The minimum absolute atomic E-state index is 0.00737. The van der Waals surface area contributed by atoms with Crippen molar-refractivity contribution in [1.82, 2.24) is 26.3 Å². The number of amides is 2. The number of carbonyl (C=O) groups is 2. The van der Waals surface area contributed by atoms with Crippen LogP contribution in [0.1, 0.15) is 32.3 Å². The summed E-state index contributed by atoms with van der Waals surface area (Å²) in [5, 5.41) is 32.8. The number of carbonyl (C=O) groups excluding carboxylic acids is 2. The number of aliphatic imine (C=N–C) groups is 1. The average molecular weight is 647 g/mol. The second kappa shape index (κ2) is 17.3. The van der Waals surface area contributed by atoms with Crippen molar-refractivity contribution in [2.75, 3.05) is 38.2 Å². The number of rotatable bonds is 15. The molecule has 3 aromatic rings. The zero-order valence-corrected chi connectivity index (χ0v) is 26.0. The fraction of sp³-hybridized carbons (Fsp3) is 0.414. The molecule has 2 amide bonds. The van der Waals surface area contributed by atoms with E-state index in [-0.39, 0.29) is 43.2 Å². The number of aromatic nitrogens is 1. The number of nitrogens with zero attached hydrogens (tertiary/aromatic N) is 3. The summed E-state index contributed by atoms with van der Waals surface area (Å²) in [6.07, 6.45) is 2.07. The Bertz CT molecular complexity index is 1450. The van der Waals surface area contributed by atoms with E-state index in [4.69, 9.17) is 21.6 Å². The van der Waals surface area contributed by atoms with E-state index in [1.165, 1.54) is 23.5 Å². The molecule has 0 aliphatic heterocycles. The Labute approximate surface area is 264 Å². The van der Waals surface area contributed by atoms with Gasteiger partial charge in [0.1, 0.15) is 12.4 Å². The van der Waals surface area contributed by atoms with Gasteiger partial charge in [-0.3, -0.25) is 20.4 Å². The summed E-state index contributed by atoms with van der Waals surface area (Å²) in [5.41, 5.74) is 0.825. The van der Waals surface area contributed by atoms with Gasteiger partial charge in [0.15, 0.2) is 11.3 Å². The fourth-order valence-electron chi connectivity index (χ4n) is 3.79. The van der Waals surface area contributed by atoms with Crippen LogP contribution < -0.4 is 26.6 Å². The smallest absolute Gasteiger partial charge is 0.413 e. The fourth-order valence-corrected chi connectivity index (χ4v) is 4.83. The highest BCUT2D eigenvalue weighted by Gasteiger charge is 2.18. The molecule has 0 fully saturated rings. The maximum atomic E-state index is 13.7. The van der Waals surface area contributed by atoms with Crippen LogP contribution in [-0.4, -0.2) is 66.9 Å². The van der Waals surface area contributed by atoms with Crippen molar-refractivity contribution >= 4 is 56.2 Å². The molecule has 1 heterocycles. The van der Waals surface area contributed by atoms with Crippen LogP contribution in [0.4, 0.5) is 14.3 Å². The van der Waals surface area contributed by atoms with Crippen molar-refractivity contribution in [1.29, 1.82) is 5.26 Å². The first-order chi connectivity index (χ1) is 21.1. The summed E-state index contributed by atoms with van der Waals surface area (Å²) in [6, 6.07) is 11.4. The lowest BCUT2D eigenvalue weighted by Gasteiger charge is -2.20. The molecular formula is C29H36ClFN8O4S. The third kappa shape index (κ3) is 11.6. The van der Waals surface area contributed by atoms with Crippen LogP contribution in [0.5, 0.6) is 0 Å². The van der Waals surface area contributed by atoms with Crippen molar-refractivity contribution in [3.05, 3.63) is 58.9 Å². The van der Waals surface area contributed by atoms with Gasteiger partial charge < -0.3 is 25.8 Å². The lowest BCUT2D eigenvalue weighted by molar-refractivity contribution is -0.121. The minimum atomic E-state index is -0.709. The van der Waals surface area contributed by atoms with Gasteiger partial charge in [0.05, 0.1) is 34.4 Å². The first-order valence-corrected chi connectivity index (χ1v) is 15.1. The van der Waals surface area contributed by atoms with Gasteiger partial charge in [-0.15, -0.1) is 0 Å². The lowest BCUT2D eigenvalue weighted by atomic mass is 9.95. The standard InChI is InChI=1S/C29H36ClFN8O4S/c1-29(2,17-40)16-35-26(36-18-32)34-12-6-8-20(37-24(41)14-33-13-19-7-5-9-21(31)25(19)30)15-43-28(42)39-27-38-22-10-3-4-11-23(22)44-27/h3-5,7,9-11,20,33,40H,6,8,12-17H2,1-2H3,(H,37,41)(H2,34,35,36)(H,38,39,42)/t20-/m0/s1. The van der Waals surface area contributed by atoms with Crippen LogP contribution in [0.2, 0.25) is 5.02 Å². The third-order valence-electron chi connectivity index (χ3n) is 6.21. The number of anilines is 1. The van der Waals surface area contributed by atoms with Gasteiger partial charge in [-0.2, -0.15) is 5.26 Å². The van der Waals surface area contributed by atoms with Crippen LogP contribution >= 0.6 is 22.9 Å². The Kier molecular flexibility index (Phi) is 13.6. The number of ether oxygens (including phenoxy) is 1. The van der Waals surface area contributed by atoms with Crippen molar-refractivity contribution in [3.63, 3.8) is 0 Å². The lowest BCUT2D eigenvalue weighted by Crippen LogP contribution is -2.44. The molecule has 1 atom stereocenters. The topological polar surface area (TPSA) is 173 Å². The predicted molar refractivity (Wildman–Crippen MR) is 169 cm³/mol. The van der Waals surface area contributed by atoms with Gasteiger partial charge in [0.25, 0.3) is 0 Å². The van der Waals surface area contributed by atoms with Gasteiger partial charge in [0.2, 0.25) is 11.9 Å². The van der Waals surface area contributed by atoms with E-state index in [1.807, 2.05) is 44.3 Å². The van der Waals surface area contributed by atoms with E-state index < -0.39 is 23.4 Å². The Morgan fingerprint density at radius 3 is 2.80 bits per heavy atom. The maximum absolute atomic E-state index is 13.7. The molecule has 0 aliphatic carbocycles. The molecule has 15 heteroatoms. The second-order valence-corrected chi connectivity index (χ2v) is 12.0. The number of fused-ring (bicyclic) bond motifs is 1.